The summed E-state index contributed by atoms with van der Waals surface area (Å²) >= 11 is 0. The standard InChI is InChI=1S/C17H32O2/c1-3-4-6-10-16(2,18)15-9-13-19-17(14-15)11-7-5-8-12-17/h15,18H,3-14H2,1-2H3. The van der Waals surface area contributed by atoms with Crippen LogP contribution in [0.1, 0.15) is 84.5 Å². The highest BCUT2D eigenvalue weighted by Gasteiger charge is 2.43. The van der Waals surface area contributed by atoms with E-state index in [0.29, 0.717) is 5.92 Å². The molecule has 1 spiro atoms. The third-order valence-corrected chi connectivity index (χ3v) is 5.42. The molecule has 0 aromatic rings. The first-order valence-corrected chi connectivity index (χ1v) is 8.44. The van der Waals surface area contributed by atoms with E-state index in [0.717, 1.165) is 32.3 Å². The van der Waals surface area contributed by atoms with Crippen LogP contribution < -0.4 is 0 Å². The smallest absolute Gasteiger partial charge is 0.0686 e. The Morgan fingerprint density at radius 2 is 1.95 bits per heavy atom. The Balaban J connectivity index is 1.91. The summed E-state index contributed by atoms with van der Waals surface area (Å²) in [5.74, 6) is 0.441. The van der Waals surface area contributed by atoms with Crippen LogP contribution in [0.5, 0.6) is 0 Å². The Morgan fingerprint density at radius 3 is 2.63 bits per heavy atom. The maximum Gasteiger partial charge on any atom is 0.0686 e. The maximum atomic E-state index is 10.8. The van der Waals surface area contributed by atoms with E-state index in [9.17, 15) is 5.11 Å². The van der Waals surface area contributed by atoms with Crippen molar-refractivity contribution >= 4 is 0 Å². The van der Waals surface area contributed by atoms with Gasteiger partial charge < -0.3 is 9.84 Å². The number of ether oxygens (including phenoxy) is 1. The molecule has 0 radical (unpaired) electrons. The average Bonchev–Trinajstić information content (AvgIpc) is 2.40. The molecule has 1 saturated carbocycles. The van der Waals surface area contributed by atoms with E-state index in [1.54, 1.807) is 0 Å². The van der Waals surface area contributed by atoms with Crippen LogP contribution in [0.3, 0.4) is 0 Å². The van der Waals surface area contributed by atoms with Crippen LogP contribution in [0.15, 0.2) is 0 Å². The van der Waals surface area contributed by atoms with Crippen LogP contribution in [0, 0.1) is 5.92 Å². The van der Waals surface area contributed by atoms with Crippen LogP contribution in [-0.2, 0) is 4.74 Å². The average molecular weight is 268 g/mol. The quantitative estimate of drug-likeness (QED) is 0.747. The van der Waals surface area contributed by atoms with E-state index in [-0.39, 0.29) is 5.60 Å². The molecule has 112 valence electrons. The van der Waals surface area contributed by atoms with Crippen molar-refractivity contribution in [1.29, 1.82) is 0 Å². The maximum absolute atomic E-state index is 10.8. The molecule has 1 aliphatic carbocycles. The van der Waals surface area contributed by atoms with Crippen LogP contribution in [0.2, 0.25) is 0 Å². The lowest BCUT2D eigenvalue weighted by Gasteiger charge is -2.47. The van der Waals surface area contributed by atoms with Crippen molar-refractivity contribution in [1.82, 2.24) is 0 Å². The largest absolute Gasteiger partial charge is 0.390 e. The molecule has 2 rings (SSSR count). The lowest BCUT2D eigenvalue weighted by Crippen LogP contribution is -2.48. The molecule has 19 heavy (non-hydrogen) atoms. The second-order valence-corrected chi connectivity index (χ2v) is 7.10. The molecule has 2 aliphatic rings. The fraction of sp³-hybridized carbons (Fsp3) is 1.00. The van der Waals surface area contributed by atoms with Crippen molar-refractivity contribution in [2.24, 2.45) is 5.92 Å². The second-order valence-electron chi connectivity index (χ2n) is 7.10. The zero-order valence-corrected chi connectivity index (χ0v) is 12.9. The van der Waals surface area contributed by atoms with Gasteiger partial charge in [-0.1, -0.05) is 45.4 Å². The SMILES string of the molecule is CCCCCC(C)(O)C1CCOC2(CCCCC2)C1. The lowest BCUT2D eigenvalue weighted by molar-refractivity contribution is -0.154. The van der Waals surface area contributed by atoms with Crippen LogP contribution in [0.25, 0.3) is 0 Å². The normalized spacial score (nSPS) is 30.2. The zero-order chi connectivity index (χ0) is 13.8. The minimum atomic E-state index is -0.483. The number of aliphatic hydroxyl groups is 1. The molecular formula is C17H32O2. The second kappa shape index (κ2) is 6.58. The summed E-state index contributed by atoms with van der Waals surface area (Å²) in [6.45, 7) is 5.14. The molecule has 2 unspecified atom stereocenters. The fourth-order valence-corrected chi connectivity index (χ4v) is 4.04. The lowest BCUT2D eigenvalue weighted by atomic mass is 9.70. The third kappa shape index (κ3) is 3.95. The molecule has 2 heteroatoms. The van der Waals surface area contributed by atoms with Gasteiger partial charge in [-0.25, -0.2) is 0 Å². The van der Waals surface area contributed by atoms with Gasteiger partial charge >= 0.3 is 0 Å². The van der Waals surface area contributed by atoms with Crippen molar-refractivity contribution in [2.75, 3.05) is 6.61 Å². The van der Waals surface area contributed by atoms with E-state index in [1.165, 1.54) is 44.9 Å². The molecule has 1 saturated heterocycles. The van der Waals surface area contributed by atoms with Gasteiger partial charge in [-0.3, -0.25) is 0 Å². The molecule has 0 amide bonds. The highest BCUT2D eigenvalue weighted by Crippen LogP contribution is 2.44. The molecular weight excluding hydrogens is 236 g/mol. The van der Waals surface area contributed by atoms with E-state index in [2.05, 4.69) is 13.8 Å². The first kappa shape index (κ1) is 15.3. The summed E-state index contributed by atoms with van der Waals surface area (Å²) in [4.78, 5) is 0. The molecule has 0 bridgehead atoms. The number of rotatable bonds is 5. The summed E-state index contributed by atoms with van der Waals surface area (Å²) in [5.41, 5.74) is -0.362. The van der Waals surface area contributed by atoms with Crippen molar-refractivity contribution in [3.63, 3.8) is 0 Å². The van der Waals surface area contributed by atoms with Gasteiger partial charge in [-0.05, 0) is 44.9 Å². The van der Waals surface area contributed by atoms with Crippen molar-refractivity contribution in [3.05, 3.63) is 0 Å². The summed E-state index contributed by atoms with van der Waals surface area (Å²) in [7, 11) is 0. The monoisotopic (exact) mass is 268 g/mol. The van der Waals surface area contributed by atoms with Crippen molar-refractivity contribution < 1.29 is 9.84 Å². The van der Waals surface area contributed by atoms with Gasteiger partial charge in [0.15, 0.2) is 0 Å². The highest BCUT2D eigenvalue weighted by molar-refractivity contribution is 4.95. The molecule has 0 aromatic heterocycles. The Hall–Kier alpha value is -0.0800. The molecule has 1 aliphatic heterocycles. The van der Waals surface area contributed by atoms with Crippen molar-refractivity contribution in [2.45, 2.75) is 95.7 Å². The Kier molecular flexibility index (Phi) is 5.30. The van der Waals surface area contributed by atoms with Crippen LogP contribution >= 0.6 is 0 Å². The van der Waals surface area contributed by atoms with Crippen LogP contribution in [-0.4, -0.2) is 22.9 Å². The third-order valence-electron chi connectivity index (χ3n) is 5.42. The van der Waals surface area contributed by atoms with Gasteiger partial charge in [0.1, 0.15) is 0 Å². The van der Waals surface area contributed by atoms with Gasteiger partial charge in [0.05, 0.1) is 11.2 Å². The first-order chi connectivity index (χ1) is 9.08. The Labute approximate surface area is 118 Å². The topological polar surface area (TPSA) is 29.5 Å². The molecule has 2 nitrogen and oxygen atoms in total. The van der Waals surface area contributed by atoms with E-state index >= 15 is 0 Å². The summed E-state index contributed by atoms with van der Waals surface area (Å²) in [6, 6.07) is 0. The molecule has 1 heterocycles. The number of hydrogen-bond donors (Lipinski definition) is 1. The van der Waals surface area contributed by atoms with Crippen LogP contribution in [0.4, 0.5) is 0 Å². The molecule has 2 atom stereocenters. The van der Waals surface area contributed by atoms with Crippen molar-refractivity contribution in [3.8, 4) is 0 Å². The summed E-state index contributed by atoms with van der Waals surface area (Å²) in [5, 5.41) is 10.8. The van der Waals surface area contributed by atoms with Gasteiger partial charge in [-0.15, -0.1) is 0 Å². The van der Waals surface area contributed by atoms with Gasteiger partial charge in [0.25, 0.3) is 0 Å². The number of unbranched alkanes of at least 4 members (excludes halogenated alkanes) is 2. The minimum Gasteiger partial charge on any atom is -0.390 e. The fourth-order valence-electron chi connectivity index (χ4n) is 4.04. The minimum absolute atomic E-state index is 0.121. The predicted octanol–water partition coefficient (Wildman–Crippen LogP) is 4.45. The predicted molar refractivity (Wildman–Crippen MR) is 79.3 cm³/mol. The van der Waals surface area contributed by atoms with E-state index < -0.39 is 5.60 Å². The molecule has 1 N–H and O–H groups in total. The summed E-state index contributed by atoms with van der Waals surface area (Å²) < 4.78 is 6.15. The Morgan fingerprint density at radius 1 is 1.21 bits per heavy atom. The van der Waals surface area contributed by atoms with E-state index in [4.69, 9.17) is 4.74 Å². The van der Waals surface area contributed by atoms with Gasteiger partial charge in [0, 0.05) is 6.61 Å². The Bertz CT molecular complexity index is 261. The molecule has 0 aromatic carbocycles. The zero-order valence-electron chi connectivity index (χ0n) is 12.9. The summed E-state index contributed by atoms with van der Waals surface area (Å²) in [6.07, 6.45) is 13.1. The highest BCUT2D eigenvalue weighted by atomic mass is 16.5. The van der Waals surface area contributed by atoms with Gasteiger partial charge in [-0.2, -0.15) is 0 Å². The number of hydrogen-bond acceptors (Lipinski definition) is 2. The van der Waals surface area contributed by atoms with Gasteiger partial charge in [0.2, 0.25) is 0 Å². The first-order valence-electron chi connectivity index (χ1n) is 8.44. The van der Waals surface area contributed by atoms with E-state index in [1.807, 2.05) is 0 Å². The molecule has 2 fully saturated rings.